The van der Waals surface area contributed by atoms with E-state index in [1.165, 1.54) is 5.56 Å². The Hall–Kier alpha value is -2.49. The minimum Gasteiger partial charge on any atom is -0.436 e. The van der Waals surface area contributed by atoms with Crippen molar-refractivity contribution in [3.8, 4) is 16.9 Å². The highest BCUT2D eigenvalue weighted by atomic mass is 35.5. The molecule has 1 aromatic heterocycles. The Morgan fingerprint density at radius 2 is 2.15 bits per heavy atom. The molecule has 0 radical (unpaired) electrons. The van der Waals surface area contributed by atoms with E-state index >= 15 is 0 Å². The summed E-state index contributed by atoms with van der Waals surface area (Å²) in [7, 11) is 0. The van der Waals surface area contributed by atoms with E-state index in [-0.39, 0.29) is 11.7 Å². The van der Waals surface area contributed by atoms with Crippen LogP contribution in [0.4, 0.5) is 5.69 Å². The van der Waals surface area contributed by atoms with Gasteiger partial charge in [-0.2, -0.15) is 5.26 Å². The Balaban J connectivity index is 1.93. The van der Waals surface area contributed by atoms with Crippen LogP contribution in [0.5, 0.6) is 0 Å². The van der Waals surface area contributed by atoms with Crippen molar-refractivity contribution >= 4 is 46.1 Å². The van der Waals surface area contributed by atoms with Crippen molar-refractivity contribution in [1.82, 2.24) is 4.98 Å². The lowest BCUT2D eigenvalue weighted by Crippen LogP contribution is -2.13. The average Bonchev–Trinajstić information content (AvgIpc) is 3.04. The standard InChI is InChI=1S/C19H16ClN3O2S/c1-11(2)12-3-6-17-16(7-12)23-19(25-17)14-8-13(4-5-15(14)20)22-18(24)9-26-10-21/h3-8,11H,9H2,1-2H3,(H,22,24). The van der Waals surface area contributed by atoms with Crippen LogP contribution in [0, 0.1) is 10.7 Å². The van der Waals surface area contributed by atoms with Gasteiger partial charge in [-0.15, -0.1) is 0 Å². The molecule has 3 rings (SSSR count). The fraction of sp³-hybridized carbons (Fsp3) is 0.211. The zero-order valence-electron chi connectivity index (χ0n) is 14.2. The van der Waals surface area contributed by atoms with Gasteiger partial charge in [-0.05, 0) is 53.6 Å². The zero-order chi connectivity index (χ0) is 18.7. The van der Waals surface area contributed by atoms with Crippen molar-refractivity contribution in [2.45, 2.75) is 19.8 Å². The van der Waals surface area contributed by atoms with E-state index in [2.05, 4.69) is 24.1 Å². The molecule has 1 amide bonds. The molecule has 3 aromatic rings. The summed E-state index contributed by atoms with van der Waals surface area (Å²) in [5, 5.41) is 13.6. The van der Waals surface area contributed by atoms with Crippen LogP contribution in [-0.2, 0) is 4.79 Å². The number of oxazole rings is 1. The smallest absolute Gasteiger partial charge is 0.235 e. The van der Waals surface area contributed by atoms with Gasteiger partial charge in [0, 0.05) is 5.69 Å². The van der Waals surface area contributed by atoms with Crippen molar-refractivity contribution in [2.24, 2.45) is 0 Å². The molecule has 5 nitrogen and oxygen atoms in total. The predicted molar refractivity (Wildman–Crippen MR) is 105 cm³/mol. The Kier molecular flexibility index (Phi) is 5.50. The second-order valence-electron chi connectivity index (χ2n) is 6.02. The van der Waals surface area contributed by atoms with Crippen molar-refractivity contribution in [3.05, 3.63) is 47.0 Å². The first kappa shape index (κ1) is 18.3. The lowest BCUT2D eigenvalue weighted by atomic mass is 10.0. The van der Waals surface area contributed by atoms with Gasteiger partial charge in [-0.1, -0.05) is 31.5 Å². The topological polar surface area (TPSA) is 78.9 Å². The minimum atomic E-state index is -0.260. The maximum Gasteiger partial charge on any atom is 0.235 e. The van der Waals surface area contributed by atoms with Gasteiger partial charge in [0.1, 0.15) is 10.9 Å². The van der Waals surface area contributed by atoms with E-state index in [0.29, 0.717) is 33.7 Å². The lowest BCUT2D eigenvalue weighted by Gasteiger charge is -2.06. The Morgan fingerprint density at radius 3 is 2.88 bits per heavy atom. The number of amides is 1. The lowest BCUT2D eigenvalue weighted by molar-refractivity contribution is -0.113. The number of fused-ring (bicyclic) bond motifs is 1. The monoisotopic (exact) mass is 385 g/mol. The van der Waals surface area contributed by atoms with Crippen LogP contribution in [-0.4, -0.2) is 16.6 Å². The summed E-state index contributed by atoms with van der Waals surface area (Å²) in [6.45, 7) is 4.24. The molecule has 1 N–H and O–H groups in total. The van der Waals surface area contributed by atoms with Crippen molar-refractivity contribution in [1.29, 1.82) is 5.26 Å². The van der Waals surface area contributed by atoms with E-state index < -0.39 is 0 Å². The second-order valence-corrected chi connectivity index (χ2v) is 7.19. The molecule has 0 saturated heterocycles. The van der Waals surface area contributed by atoms with Crippen LogP contribution < -0.4 is 5.32 Å². The van der Waals surface area contributed by atoms with Crippen LogP contribution >= 0.6 is 23.4 Å². The van der Waals surface area contributed by atoms with Crippen LogP contribution in [0.15, 0.2) is 40.8 Å². The first-order chi connectivity index (χ1) is 12.5. The first-order valence-electron chi connectivity index (χ1n) is 7.99. The molecule has 0 saturated carbocycles. The van der Waals surface area contributed by atoms with Gasteiger partial charge in [-0.25, -0.2) is 4.98 Å². The Labute approximate surface area is 160 Å². The van der Waals surface area contributed by atoms with Gasteiger partial charge in [0.15, 0.2) is 5.58 Å². The maximum absolute atomic E-state index is 11.8. The van der Waals surface area contributed by atoms with E-state index in [1.807, 2.05) is 23.6 Å². The van der Waals surface area contributed by atoms with Gasteiger partial charge < -0.3 is 9.73 Å². The molecule has 0 aliphatic rings. The molecule has 132 valence electrons. The molecule has 0 atom stereocenters. The van der Waals surface area contributed by atoms with E-state index in [0.717, 1.165) is 17.3 Å². The molecule has 7 heteroatoms. The Bertz CT molecular complexity index is 1010. The number of hydrogen-bond donors (Lipinski definition) is 1. The zero-order valence-corrected chi connectivity index (χ0v) is 15.8. The summed E-state index contributed by atoms with van der Waals surface area (Å²) in [5.74, 6) is 0.598. The highest BCUT2D eigenvalue weighted by molar-refractivity contribution is 8.04. The van der Waals surface area contributed by atoms with E-state index in [1.54, 1.807) is 18.2 Å². The van der Waals surface area contributed by atoms with Gasteiger partial charge >= 0.3 is 0 Å². The van der Waals surface area contributed by atoms with Crippen LogP contribution in [0.25, 0.3) is 22.6 Å². The summed E-state index contributed by atoms with van der Waals surface area (Å²) < 4.78 is 5.84. The van der Waals surface area contributed by atoms with Gasteiger partial charge in [0.2, 0.25) is 11.8 Å². The second kappa shape index (κ2) is 7.81. The van der Waals surface area contributed by atoms with E-state index in [4.69, 9.17) is 21.3 Å². The van der Waals surface area contributed by atoms with E-state index in [9.17, 15) is 4.79 Å². The number of thiocyanates is 1. The molecule has 0 spiro atoms. The van der Waals surface area contributed by atoms with Gasteiger partial charge in [0.25, 0.3) is 0 Å². The molecule has 0 aliphatic carbocycles. The highest BCUT2D eigenvalue weighted by Gasteiger charge is 2.14. The van der Waals surface area contributed by atoms with Crippen molar-refractivity contribution in [2.75, 3.05) is 11.1 Å². The molecule has 0 fully saturated rings. The van der Waals surface area contributed by atoms with Crippen molar-refractivity contribution < 1.29 is 9.21 Å². The molecular weight excluding hydrogens is 370 g/mol. The summed E-state index contributed by atoms with van der Waals surface area (Å²) >= 11 is 7.18. The number of carbonyl (C=O) groups is 1. The molecule has 0 unspecified atom stereocenters. The number of carbonyl (C=O) groups excluding carboxylic acids is 1. The highest BCUT2D eigenvalue weighted by Crippen LogP contribution is 2.33. The number of benzene rings is 2. The van der Waals surface area contributed by atoms with Gasteiger partial charge in [0.05, 0.1) is 16.3 Å². The molecule has 0 bridgehead atoms. The fourth-order valence-electron chi connectivity index (χ4n) is 2.48. The first-order valence-corrected chi connectivity index (χ1v) is 9.35. The van der Waals surface area contributed by atoms with Crippen molar-refractivity contribution in [3.63, 3.8) is 0 Å². The van der Waals surface area contributed by atoms with Crippen LogP contribution in [0.1, 0.15) is 25.3 Å². The van der Waals surface area contributed by atoms with Crippen LogP contribution in [0.2, 0.25) is 5.02 Å². The molecule has 0 aliphatic heterocycles. The summed E-state index contributed by atoms with van der Waals surface area (Å²) in [5.41, 5.74) is 3.79. The number of nitrogens with zero attached hydrogens (tertiary/aromatic N) is 2. The van der Waals surface area contributed by atoms with Gasteiger partial charge in [-0.3, -0.25) is 4.79 Å². The van der Waals surface area contributed by atoms with Crippen LogP contribution in [0.3, 0.4) is 0 Å². The normalized spacial score (nSPS) is 10.9. The summed E-state index contributed by atoms with van der Waals surface area (Å²) in [6, 6.07) is 11.0. The SMILES string of the molecule is CC(C)c1ccc2oc(-c3cc(NC(=O)CSC#N)ccc3Cl)nc2c1. The molecular formula is C19H16ClN3O2S. The quantitative estimate of drug-likeness (QED) is 0.593. The average molecular weight is 386 g/mol. The third kappa shape index (κ3) is 4.01. The fourth-order valence-corrected chi connectivity index (χ4v) is 2.95. The number of aromatic nitrogens is 1. The molecule has 2 aromatic carbocycles. The minimum absolute atomic E-state index is 0.0648. The third-order valence-electron chi connectivity index (χ3n) is 3.83. The number of hydrogen-bond acceptors (Lipinski definition) is 5. The molecule has 26 heavy (non-hydrogen) atoms. The number of anilines is 1. The third-order valence-corrected chi connectivity index (χ3v) is 4.69. The predicted octanol–water partition coefficient (Wildman–Crippen LogP) is 5.42. The number of rotatable bonds is 5. The number of nitrogens with one attached hydrogen (secondary N) is 1. The summed E-state index contributed by atoms with van der Waals surface area (Å²) in [6.07, 6.45) is 0. The molecule has 1 heterocycles. The largest absolute Gasteiger partial charge is 0.436 e. The summed E-state index contributed by atoms with van der Waals surface area (Å²) in [4.78, 5) is 16.3. The number of thioether (sulfide) groups is 1. The number of nitriles is 1. The number of halogens is 1. The maximum atomic E-state index is 11.8. The Morgan fingerprint density at radius 1 is 1.35 bits per heavy atom.